The highest BCUT2D eigenvalue weighted by Gasteiger charge is 2.46. The van der Waals surface area contributed by atoms with Crippen molar-refractivity contribution in [1.29, 1.82) is 0 Å². The van der Waals surface area contributed by atoms with Gasteiger partial charge in [0.25, 0.3) is 0 Å². The predicted octanol–water partition coefficient (Wildman–Crippen LogP) is 3.65. The van der Waals surface area contributed by atoms with Gasteiger partial charge in [0.1, 0.15) is 5.01 Å². The molecule has 3 nitrogen and oxygen atoms in total. The average Bonchev–Trinajstić information content (AvgIpc) is 3.04. The number of nitrogens with one attached hydrogen (secondary N) is 1. The Morgan fingerprint density at radius 1 is 1.29 bits per heavy atom. The lowest BCUT2D eigenvalue weighted by Crippen LogP contribution is -2.67. The molecule has 2 heterocycles. The standard InChI is InChI=1S/C17H29N3S/c1-5-16(4)12-20(10-15-19-13(2)14(3)21-15)17(11-18-16)8-6-7-9-17/h18H,5-12H2,1-4H3. The van der Waals surface area contributed by atoms with Gasteiger partial charge in [0.15, 0.2) is 0 Å². The van der Waals surface area contributed by atoms with E-state index in [1.54, 1.807) is 0 Å². The van der Waals surface area contributed by atoms with Crippen molar-refractivity contribution in [3.05, 3.63) is 15.6 Å². The van der Waals surface area contributed by atoms with Crippen LogP contribution in [0.3, 0.4) is 0 Å². The summed E-state index contributed by atoms with van der Waals surface area (Å²) < 4.78 is 0. The monoisotopic (exact) mass is 307 g/mol. The van der Waals surface area contributed by atoms with Crippen molar-refractivity contribution in [3.63, 3.8) is 0 Å². The van der Waals surface area contributed by atoms with Gasteiger partial charge in [-0.15, -0.1) is 11.3 Å². The Hall–Kier alpha value is -0.450. The lowest BCUT2D eigenvalue weighted by Gasteiger charge is -2.52. The molecule has 1 aliphatic carbocycles. The van der Waals surface area contributed by atoms with Gasteiger partial charge in [-0.05, 0) is 40.0 Å². The molecule has 3 rings (SSSR count). The first-order chi connectivity index (χ1) is 9.96. The summed E-state index contributed by atoms with van der Waals surface area (Å²) in [5, 5.41) is 5.15. The zero-order valence-corrected chi connectivity index (χ0v) is 14.8. The van der Waals surface area contributed by atoms with Gasteiger partial charge in [-0.25, -0.2) is 4.98 Å². The molecule has 1 N–H and O–H groups in total. The van der Waals surface area contributed by atoms with E-state index in [1.807, 2.05) is 11.3 Å². The van der Waals surface area contributed by atoms with Gasteiger partial charge in [-0.2, -0.15) is 0 Å². The first kappa shape index (κ1) is 15.4. The molecule has 0 bridgehead atoms. The van der Waals surface area contributed by atoms with Crippen LogP contribution in [0.15, 0.2) is 0 Å². The quantitative estimate of drug-likeness (QED) is 0.924. The van der Waals surface area contributed by atoms with Gasteiger partial charge < -0.3 is 5.32 Å². The summed E-state index contributed by atoms with van der Waals surface area (Å²) in [5.41, 5.74) is 1.86. The van der Waals surface area contributed by atoms with Crippen LogP contribution in [0, 0.1) is 13.8 Å². The Morgan fingerprint density at radius 3 is 2.57 bits per heavy atom. The smallest absolute Gasteiger partial charge is 0.107 e. The summed E-state index contributed by atoms with van der Waals surface area (Å²) in [5.74, 6) is 0. The molecule has 2 fully saturated rings. The Balaban J connectivity index is 1.83. The number of hydrogen-bond donors (Lipinski definition) is 1. The van der Waals surface area contributed by atoms with Crippen LogP contribution in [-0.4, -0.2) is 34.1 Å². The van der Waals surface area contributed by atoms with E-state index < -0.39 is 0 Å². The highest BCUT2D eigenvalue weighted by molar-refractivity contribution is 7.11. The van der Waals surface area contributed by atoms with Crippen molar-refractivity contribution in [2.75, 3.05) is 13.1 Å². The average molecular weight is 308 g/mol. The van der Waals surface area contributed by atoms with Crippen LogP contribution in [0.25, 0.3) is 0 Å². The normalized spacial score (nSPS) is 29.3. The van der Waals surface area contributed by atoms with Crippen molar-refractivity contribution in [2.45, 2.75) is 77.4 Å². The number of rotatable bonds is 3. The molecule has 0 aromatic carbocycles. The molecule has 118 valence electrons. The van der Waals surface area contributed by atoms with Gasteiger partial charge in [-0.3, -0.25) is 4.90 Å². The second-order valence-corrected chi connectivity index (χ2v) is 8.59. The second-order valence-electron chi connectivity index (χ2n) is 7.30. The van der Waals surface area contributed by atoms with Gasteiger partial charge in [0, 0.05) is 29.0 Å². The Morgan fingerprint density at radius 2 is 2.00 bits per heavy atom. The minimum Gasteiger partial charge on any atom is -0.308 e. The Bertz CT molecular complexity index is 485. The number of aryl methyl sites for hydroxylation is 2. The van der Waals surface area contributed by atoms with Crippen LogP contribution in [0.5, 0.6) is 0 Å². The summed E-state index contributed by atoms with van der Waals surface area (Å²) in [7, 11) is 0. The van der Waals surface area contributed by atoms with Gasteiger partial charge in [0.2, 0.25) is 0 Å². The third kappa shape index (κ3) is 2.90. The van der Waals surface area contributed by atoms with Crippen LogP contribution in [0.4, 0.5) is 0 Å². The van der Waals surface area contributed by atoms with E-state index in [0.717, 1.165) is 19.6 Å². The van der Waals surface area contributed by atoms with Crippen molar-refractivity contribution in [3.8, 4) is 0 Å². The van der Waals surface area contributed by atoms with Crippen molar-refractivity contribution in [2.24, 2.45) is 0 Å². The minimum absolute atomic E-state index is 0.259. The van der Waals surface area contributed by atoms with Crippen LogP contribution < -0.4 is 5.32 Å². The summed E-state index contributed by atoms with van der Waals surface area (Å²) in [4.78, 5) is 8.92. The molecular formula is C17H29N3S. The molecule has 0 amide bonds. The van der Waals surface area contributed by atoms with E-state index in [9.17, 15) is 0 Å². The van der Waals surface area contributed by atoms with E-state index in [0.29, 0.717) is 5.54 Å². The maximum atomic E-state index is 4.79. The lowest BCUT2D eigenvalue weighted by molar-refractivity contribution is 0.00527. The fraction of sp³-hybridized carbons (Fsp3) is 0.824. The molecule has 1 aromatic heterocycles. The van der Waals surface area contributed by atoms with E-state index in [4.69, 9.17) is 4.98 Å². The van der Waals surface area contributed by atoms with Crippen LogP contribution in [0.2, 0.25) is 0 Å². The highest BCUT2D eigenvalue weighted by Crippen LogP contribution is 2.40. The molecule has 1 spiro atoms. The van der Waals surface area contributed by atoms with Crippen LogP contribution >= 0.6 is 11.3 Å². The van der Waals surface area contributed by atoms with Crippen LogP contribution in [-0.2, 0) is 6.54 Å². The topological polar surface area (TPSA) is 28.2 Å². The fourth-order valence-electron chi connectivity index (χ4n) is 3.89. The predicted molar refractivity (Wildman–Crippen MR) is 89.9 cm³/mol. The highest BCUT2D eigenvalue weighted by atomic mass is 32.1. The van der Waals surface area contributed by atoms with E-state index in [-0.39, 0.29) is 5.54 Å². The van der Waals surface area contributed by atoms with Crippen molar-refractivity contribution >= 4 is 11.3 Å². The number of piperazine rings is 1. The Kier molecular flexibility index (Phi) is 4.15. The lowest BCUT2D eigenvalue weighted by atomic mass is 9.85. The summed E-state index contributed by atoms with van der Waals surface area (Å²) in [6.45, 7) is 12.3. The minimum atomic E-state index is 0.259. The molecule has 1 saturated heterocycles. The second kappa shape index (κ2) is 5.64. The third-order valence-corrected chi connectivity index (χ3v) is 6.83. The zero-order valence-electron chi connectivity index (χ0n) is 14.0. The largest absolute Gasteiger partial charge is 0.308 e. The Labute approximate surface area is 133 Å². The molecular weight excluding hydrogens is 278 g/mol. The first-order valence-electron chi connectivity index (χ1n) is 8.39. The van der Waals surface area contributed by atoms with Gasteiger partial charge in [0.05, 0.1) is 12.2 Å². The van der Waals surface area contributed by atoms with Gasteiger partial charge >= 0.3 is 0 Å². The molecule has 1 saturated carbocycles. The maximum absolute atomic E-state index is 4.79. The molecule has 2 aliphatic rings. The number of hydrogen-bond acceptors (Lipinski definition) is 4. The molecule has 1 aromatic rings. The first-order valence-corrected chi connectivity index (χ1v) is 9.21. The third-order valence-electron chi connectivity index (χ3n) is 5.77. The van der Waals surface area contributed by atoms with E-state index >= 15 is 0 Å². The fourth-order valence-corrected chi connectivity index (χ4v) is 4.84. The summed E-state index contributed by atoms with van der Waals surface area (Å²) >= 11 is 1.88. The van der Waals surface area contributed by atoms with E-state index in [2.05, 4.69) is 37.9 Å². The molecule has 0 radical (unpaired) electrons. The van der Waals surface area contributed by atoms with Crippen molar-refractivity contribution in [1.82, 2.24) is 15.2 Å². The van der Waals surface area contributed by atoms with Gasteiger partial charge in [-0.1, -0.05) is 19.8 Å². The number of thiazole rings is 1. The SMILES string of the molecule is CCC1(C)CN(Cc2nc(C)c(C)s2)C2(CCCC2)CN1. The van der Waals surface area contributed by atoms with Crippen molar-refractivity contribution < 1.29 is 0 Å². The van der Waals surface area contributed by atoms with E-state index in [1.165, 1.54) is 47.7 Å². The zero-order chi connectivity index (χ0) is 15.1. The summed E-state index contributed by atoms with van der Waals surface area (Å²) in [6.07, 6.45) is 6.66. The molecule has 4 heteroatoms. The maximum Gasteiger partial charge on any atom is 0.107 e. The summed E-state index contributed by atoms with van der Waals surface area (Å²) in [6, 6.07) is 0. The molecule has 1 atom stereocenters. The number of aromatic nitrogens is 1. The molecule has 1 unspecified atom stereocenters. The van der Waals surface area contributed by atoms with Crippen LogP contribution in [0.1, 0.15) is 61.5 Å². The molecule has 21 heavy (non-hydrogen) atoms. The molecule has 1 aliphatic heterocycles. The number of nitrogens with zero attached hydrogens (tertiary/aromatic N) is 2.